The summed E-state index contributed by atoms with van der Waals surface area (Å²) in [6, 6.07) is 19.1. The van der Waals surface area contributed by atoms with E-state index in [1.54, 1.807) is 49.4 Å². The van der Waals surface area contributed by atoms with Crippen molar-refractivity contribution in [2.45, 2.75) is 6.92 Å². The summed E-state index contributed by atoms with van der Waals surface area (Å²) in [6.07, 6.45) is 3.05. The molecule has 0 radical (unpaired) electrons. The molecule has 1 amide bonds. The summed E-state index contributed by atoms with van der Waals surface area (Å²) in [7, 11) is 0. The predicted molar refractivity (Wildman–Crippen MR) is 117 cm³/mol. The fraction of sp³-hybridized carbons (Fsp3) is 0.0870. The number of nitrogens with one attached hydrogen (secondary N) is 1. The average molecular weight is 429 g/mol. The molecule has 0 aliphatic heterocycles. The van der Waals surface area contributed by atoms with Crippen LogP contribution in [0.15, 0.2) is 77.4 Å². The van der Waals surface area contributed by atoms with Crippen molar-refractivity contribution in [1.82, 2.24) is 20.2 Å². The Balaban J connectivity index is 1.65. The van der Waals surface area contributed by atoms with Gasteiger partial charge in [-0.15, -0.1) is 5.10 Å². The van der Waals surface area contributed by atoms with Gasteiger partial charge in [-0.25, -0.2) is 4.79 Å². The highest BCUT2D eigenvalue weighted by atomic mass is 16.5. The second kappa shape index (κ2) is 9.52. The molecule has 0 aliphatic carbocycles. The van der Waals surface area contributed by atoms with Crippen LogP contribution in [0.5, 0.6) is 0 Å². The fourth-order valence-corrected chi connectivity index (χ4v) is 2.95. The number of hydrogen-bond donors (Lipinski definition) is 1. The average Bonchev–Trinajstić information content (AvgIpc) is 3.51. The highest BCUT2D eigenvalue weighted by Gasteiger charge is 2.20. The monoisotopic (exact) mass is 429 g/mol. The van der Waals surface area contributed by atoms with E-state index in [-0.39, 0.29) is 12.3 Å². The predicted octanol–water partition coefficient (Wildman–Crippen LogP) is 3.75. The zero-order valence-corrected chi connectivity index (χ0v) is 17.1. The third kappa shape index (κ3) is 4.62. The normalized spacial score (nSPS) is 11.2. The molecule has 0 saturated heterocycles. The van der Waals surface area contributed by atoms with Crippen LogP contribution in [-0.4, -0.2) is 38.7 Å². The first kappa shape index (κ1) is 20.7. The maximum Gasteiger partial charge on any atom is 0.338 e. The number of anilines is 1. The minimum atomic E-state index is -0.463. The van der Waals surface area contributed by atoms with E-state index in [1.165, 1.54) is 10.9 Å². The first-order valence-electron chi connectivity index (χ1n) is 9.83. The van der Waals surface area contributed by atoms with E-state index < -0.39 is 11.9 Å². The van der Waals surface area contributed by atoms with Crippen LogP contribution in [0.2, 0.25) is 0 Å². The number of ether oxygens (including phenoxy) is 1. The van der Waals surface area contributed by atoms with Crippen molar-refractivity contribution < 1.29 is 18.7 Å². The third-order valence-corrected chi connectivity index (χ3v) is 4.44. The standard InChI is InChI=1S/C23H19N5O4/c1-2-31-23(30)17-10-12-18(13-11-17)24-22(29)20(15-19-9-6-14-32-19)28-21(25-26-27-28)16-7-4-3-5-8-16/h3-15H,2H2,1H3,(H,24,29)/b20-15-. The van der Waals surface area contributed by atoms with Gasteiger partial charge in [-0.05, 0) is 53.7 Å². The van der Waals surface area contributed by atoms with Gasteiger partial charge < -0.3 is 14.5 Å². The van der Waals surface area contributed by atoms with E-state index in [4.69, 9.17) is 9.15 Å². The molecule has 0 saturated carbocycles. The van der Waals surface area contributed by atoms with Crippen molar-refractivity contribution in [2.75, 3.05) is 11.9 Å². The lowest BCUT2D eigenvalue weighted by Gasteiger charge is -2.11. The number of furan rings is 1. The number of hydrogen-bond acceptors (Lipinski definition) is 7. The van der Waals surface area contributed by atoms with Crippen molar-refractivity contribution in [1.29, 1.82) is 0 Å². The van der Waals surface area contributed by atoms with Gasteiger partial charge in [0.25, 0.3) is 5.91 Å². The smallest absolute Gasteiger partial charge is 0.338 e. The summed E-state index contributed by atoms with van der Waals surface area (Å²) < 4.78 is 11.7. The van der Waals surface area contributed by atoms with Gasteiger partial charge in [0.15, 0.2) is 5.82 Å². The molecular formula is C23H19N5O4. The molecule has 2 heterocycles. The summed E-state index contributed by atoms with van der Waals surface area (Å²) in [6.45, 7) is 2.02. The molecule has 9 nitrogen and oxygen atoms in total. The van der Waals surface area contributed by atoms with Crippen molar-refractivity contribution >= 4 is 29.3 Å². The van der Waals surface area contributed by atoms with Crippen LogP contribution in [0.25, 0.3) is 23.2 Å². The molecule has 4 rings (SSSR count). The molecule has 1 N–H and O–H groups in total. The lowest BCUT2D eigenvalue weighted by molar-refractivity contribution is -0.111. The molecule has 9 heteroatoms. The Morgan fingerprint density at radius 2 is 1.84 bits per heavy atom. The van der Waals surface area contributed by atoms with E-state index in [0.717, 1.165) is 5.56 Å². The highest BCUT2D eigenvalue weighted by molar-refractivity contribution is 6.24. The Bertz CT molecular complexity index is 1230. The molecule has 4 aromatic rings. The fourth-order valence-electron chi connectivity index (χ4n) is 2.95. The number of rotatable bonds is 7. The van der Waals surface area contributed by atoms with Crippen LogP contribution in [0.4, 0.5) is 5.69 Å². The zero-order valence-electron chi connectivity index (χ0n) is 17.1. The second-order valence-electron chi connectivity index (χ2n) is 6.58. The third-order valence-electron chi connectivity index (χ3n) is 4.44. The van der Waals surface area contributed by atoms with E-state index in [1.807, 2.05) is 30.3 Å². The van der Waals surface area contributed by atoms with Crippen molar-refractivity contribution in [2.24, 2.45) is 0 Å². The Labute approximate surface area is 183 Å². The summed E-state index contributed by atoms with van der Waals surface area (Å²) in [5.74, 6) is -0.0294. The Morgan fingerprint density at radius 1 is 1.06 bits per heavy atom. The van der Waals surface area contributed by atoms with Crippen LogP contribution >= 0.6 is 0 Å². The molecule has 0 atom stereocenters. The summed E-state index contributed by atoms with van der Waals surface area (Å²) in [5, 5.41) is 14.6. The maximum atomic E-state index is 13.2. The van der Waals surface area contributed by atoms with E-state index in [9.17, 15) is 9.59 Å². The van der Waals surface area contributed by atoms with Gasteiger partial charge in [-0.1, -0.05) is 30.3 Å². The van der Waals surface area contributed by atoms with Crippen LogP contribution < -0.4 is 5.32 Å². The first-order valence-corrected chi connectivity index (χ1v) is 9.83. The Kier molecular flexibility index (Phi) is 6.17. The van der Waals surface area contributed by atoms with Gasteiger partial charge in [0.2, 0.25) is 0 Å². The van der Waals surface area contributed by atoms with Gasteiger partial charge in [0, 0.05) is 17.3 Å². The largest absolute Gasteiger partial charge is 0.465 e. The van der Waals surface area contributed by atoms with Crippen LogP contribution in [0, 0.1) is 0 Å². The van der Waals surface area contributed by atoms with E-state index >= 15 is 0 Å². The van der Waals surface area contributed by atoms with Crippen molar-refractivity contribution in [3.05, 3.63) is 84.3 Å². The SMILES string of the molecule is CCOC(=O)c1ccc(NC(=O)/C(=C/c2ccco2)n2nnnc2-c2ccccc2)cc1. The number of benzene rings is 2. The number of amides is 1. The number of aromatic nitrogens is 4. The summed E-state index contributed by atoms with van der Waals surface area (Å²) in [5.41, 5.74) is 1.78. The molecular weight excluding hydrogens is 410 g/mol. The first-order chi connectivity index (χ1) is 15.7. The highest BCUT2D eigenvalue weighted by Crippen LogP contribution is 2.22. The van der Waals surface area contributed by atoms with Crippen LogP contribution in [0.3, 0.4) is 0 Å². The van der Waals surface area contributed by atoms with E-state index in [0.29, 0.717) is 22.8 Å². The number of carbonyl (C=O) groups is 2. The molecule has 2 aromatic heterocycles. The molecule has 2 aromatic carbocycles. The number of nitrogens with zero attached hydrogens (tertiary/aromatic N) is 4. The second-order valence-corrected chi connectivity index (χ2v) is 6.58. The summed E-state index contributed by atoms with van der Waals surface area (Å²) >= 11 is 0. The Hall–Kier alpha value is -4.53. The van der Waals surface area contributed by atoms with Gasteiger partial charge in [0.1, 0.15) is 11.5 Å². The quantitative estimate of drug-likeness (QED) is 0.352. The van der Waals surface area contributed by atoms with Gasteiger partial charge in [0.05, 0.1) is 18.4 Å². The van der Waals surface area contributed by atoms with Gasteiger partial charge in [-0.2, -0.15) is 4.68 Å². The molecule has 0 aliphatic rings. The molecule has 0 bridgehead atoms. The summed E-state index contributed by atoms with van der Waals surface area (Å²) in [4.78, 5) is 25.1. The Morgan fingerprint density at radius 3 is 2.53 bits per heavy atom. The maximum absolute atomic E-state index is 13.2. The van der Waals surface area contributed by atoms with E-state index in [2.05, 4.69) is 20.8 Å². The number of esters is 1. The van der Waals surface area contributed by atoms with Crippen molar-refractivity contribution in [3.8, 4) is 11.4 Å². The molecule has 0 unspecified atom stereocenters. The van der Waals surface area contributed by atoms with Gasteiger partial charge >= 0.3 is 5.97 Å². The lowest BCUT2D eigenvalue weighted by Crippen LogP contribution is -2.19. The molecule has 32 heavy (non-hydrogen) atoms. The van der Waals surface area contributed by atoms with Crippen molar-refractivity contribution in [3.63, 3.8) is 0 Å². The molecule has 160 valence electrons. The molecule has 0 fully saturated rings. The minimum absolute atomic E-state index is 0.151. The number of carbonyl (C=O) groups excluding carboxylic acids is 2. The lowest BCUT2D eigenvalue weighted by atomic mass is 10.2. The van der Waals surface area contributed by atoms with Gasteiger partial charge in [-0.3, -0.25) is 4.79 Å². The number of tetrazole rings is 1. The minimum Gasteiger partial charge on any atom is -0.465 e. The molecule has 0 spiro atoms. The zero-order chi connectivity index (χ0) is 22.3. The van der Waals surface area contributed by atoms with Crippen LogP contribution in [-0.2, 0) is 9.53 Å². The van der Waals surface area contributed by atoms with Crippen LogP contribution in [0.1, 0.15) is 23.0 Å². The topological polar surface area (TPSA) is 112 Å².